The van der Waals surface area contributed by atoms with Crippen LogP contribution in [-0.2, 0) is 0 Å². The van der Waals surface area contributed by atoms with Crippen molar-refractivity contribution in [1.29, 1.82) is 0 Å². The first-order valence-electron chi connectivity index (χ1n) is 7.10. The number of benzene rings is 1. The number of rotatable bonds is 5. The number of anilines is 1. The molecule has 0 bridgehead atoms. The van der Waals surface area contributed by atoms with Crippen LogP contribution < -0.4 is 11.1 Å². The van der Waals surface area contributed by atoms with Gasteiger partial charge in [0.1, 0.15) is 5.69 Å². The fraction of sp³-hybridized carbons (Fsp3) is 0.375. The lowest BCUT2D eigenvalue weighted by atomic mass is 10.0. The third-order valence-electron chi connectivity index (χ3n) is 3.54. The van der Waals surface area contributed by atoms with E-state index in [2.05, 4.69) is 10.3 Å². The van der Waals surface area contributed by atoms with Gasteiger partial charge in [-0.05, 0) is 24.5 Å². The minimum absolute atomic E-state index is 0.0381. The molecular formula is C16H21N3O2. The van der Waals surface area contributed by atoms with Gasteiger partial charge in [-0.15, -0.1) is 0 Å². The fourth-order valence-corrected chi connectivity index (χ4v) is 2.27. The Hall–Kier alpha value is -2.14. The molecule has 21 heavy (non-hydrogen) atoms. The number of fused-ring (bicyclic) bond motifs is 1. The molecule has 1 atom stereocenters. The van der Waals surface area contributed by atoms with E-state index in [0.717, 1.165) is 5.39 Å². The molecule has 0 aliphatic heterocycles. The monoisotopic (exact) mass is 287 g/mol. The van der Waals surface area contributed by atoms with E-state index in [4.69, 9.17) is 10.8 Å². The van der Waals surface area contributed by atoms with Gasteiger partial charge in [0, 0.05) is 23.7 Å². The zero-order valence-electron chi connectivity index (χ0n) is 12.3. The van der Waals surface area contributed by atoms with Crippen LogP contribution in [0.3, 0.4) is 0 Å². The number of nitrogens with zero attached hydrogens (tertiary/aromatic N) is 1. The standard InChI is InChI=1S/C16H21N3O2/c1-10(2)13(7-8-20)19-16(21)15-9-12(17)11-5-3-4-6-14(11)18-15/h3-6,9-10,13,20H,7-8H2,1-2H3,(H2,17,18)(H,19,21). The molecule has 0 spiro atoms. The molecule has 5 heteroatoms. The summed E-state index contributed by atoms with van der Waals surface area (Å²) in [6, 6.07) is 8.96. The largest absolute Gasteiger partial charge is 0.398 e. The van der Waals surface area contributed by atoms with E-state index in [9.17, 15) is 4.79 Å². The summed E-state index contributed by atoms with van der Waals surface area (Å²) in [6.07, 6.45) is 0.520. The molecule has 0 saturated heterocycles. The Balaban J connectivity index is 2.27. The van der Waals surface area contributed by atoms with Gasteiger partial charge in [0.15, 0.2) is 0 Å². The summed E-state index contributed by atoms with van der Waals surface area (Å²) < 4.78 is 0. The van der Waals surface area contributed by atoms with Crippen molar-refractivity contribution in [3.05, 3.63) is 36.0 Å². The van der Waals surface area contributed by atoms with Crippen LogP contribution in [0.1, 0.15) is 30.8 Å². The third kappa shape index (κ3) is 3.49. The summed E-state index contributed by atoms with van der Waals surface area (Å²) in [7, 11) is 0. The van der Waals surface area contributed by atoms with Crippen molar-refractivity contribution < 1.29 is 9.90 Å². The number of aliphatic hydroxyl groups is 1. The SMILES string of the molecule is CC(C)C(CCO)NC(=O)c1cc(N)c2ccccc2n1. The highest BCUT2D eigenvalue weighted by molar-refractivity contribution is 5.99. The molecule has 1 unspecified atom stereocenters. The number of nitrogens with one attached hydrogen (secondary N) is 1. The van der Waals surface area contributed by atoms with Crippen molar-refractivity contribution in [2.75, 3.05) is 12.3 Å². The molecule has 4 N–H and O–H groups in total. The topological polar surface area (TPSA) is 88.2 Å². The normalized spacial score (nSPS) is 12.6. The second-order valence-corrected chi connectivity index (χ2v) is 5.45. The molecule has 0 radical (unpaired) electrons. The maximum absolute atomic E-state index is 12.3. The average molecular weight is 287 g/mol. The van der Waals surface area contributed by atoms with Gasteiger partial charge in [-0.1, -0.05) is 32.0 Å². The van der Waals surface area contributed by atoms with Gasteiger partial charge in [0.05, 0.1) is 5.52 Å². The highest BCUT2D eigenvalue weighted by atomic mass is 16.3. The second kappa shape index (κ2) is 6.54. The predicted molar refractivity (Wildman–Crippen MR) is 84.0 cm³/mol. The van der Waals surface area contributed by atoms with Gasteiger partial charge in [0.2, 0.25) is 0 Å². The molecule has 1 heterocycles. The van der Waals surface area contributed by atoms with Crippen LogP contribution in [0, 0.1) is 5.92 Å². The van der Waals surface area contributed by atoms with Crippen LogP contribution in [0.15, 0.2) is 30.3 Å². The highest BCUT2D eigenvalue weighted by Gasteiger charge is 2.18. The van der Waals surface area contributed by atoms with Gasteiger partial charge in [-0.2, -0.15) is 0 Å². The number of aromatic nitrogens is 1. The second-order valence-electron chi connectivity index (χ2n) is 5.45. The van der Waals surface area contributed by atoms with Crippen molar-refractivity contribution in [3.8, 4) is 0 Å². The molecular weight excluding hydrogens is 266 g/mol. The molecule has 5 nitrogen and oxygen atoms in total. The zero-order valence-corrected chi connectivity index (χ0v) is 12.3. The van der Waals surface area contributed by atoms with E-state index in [-0.39, 0.29) is 24.5 Å². The summed E-state index contributed by atoms with van der Waals surface area (Å²) in [6.45, 7) is 4.04. The van der Waals surface area contributed by atoms with Crippen molar-refractivity contribution in [3.63, 3.8) is 0 Å². The highest BCUT2D eigenvalue weighted by Crippen LogP contribution is 2.20. The summed E-state index contributed by atoms with van der Waals surface area (Å²) >= 11 is 0. The van der Waals surface area contributed by atoms with Crippen molar-refractivity contribution in [2.24, 2.45) is 5.92 Å². The number of carbonyl (C=O) groups is 1. The van der Waals surface area contributed by atoms with E-state index < -0.39 is 0 Å². The van der Waals surface area contributed by atoms with Crippen LogP contribution in [0.25, 0.3) is 10.9 Å². The maximum atomic E-state index is 12.3. The summed E-state index contributed by atoms with van der Waals surface area (Å²) in [4.78, 5) is 16.7. The predicted octanol–water partition coefficient (Wildman–Crippen LogP) is 1.95. The molecule has 112 valence electrons. The number of carbonyl (C=O) groups excluding carboxylic acids is 1. The third-order valence-corrected chi connectivity index (χ3v) is 3.54. The Bertz CT molecular complexity index is 640. The molecule has 1 amide bonds. The first kappa shape index (κ1) is 15.3. The maximum Gasteiger partial charge on any atom is 0.270 e. The van der Waals surface area contributed by atoms with Crippen LogP contribution in [0.4, 0.5) is 5.69 Å². The fourth-order valence-electron chi connectivity index (χ4n) is 2.27. The summed E-state index contributed by atoms with van der Waals surface area (Å²) in [5, 5.41) is 12.8. The quantitative estimate of drug-likeness (QED) is 0.784. The smallest absolute Gasteiger partial charge is 0.270 e. The van der Waals surface area contributed by atoms with Gasteiger partial charge in [-0.25, -0.2) is 4.98 Å². The number of para-hydroxylation sites is 1. The Morgan fingerprint density at radius 2 is 2.10 bits per heavy atom. The number of nitrogen functional groups attached to an aromatic ring is 1. The Kier molecular flexibility index (Phi) is 4.75. The van der Waals surface area contributed by atoms with Crippen LogP contribution in [0.5, 0.6) is 0 Å². The van der Waals surface area contributed by atoms with E-state index in [1.54, 1.807) is 6.07 Å². The lowest BCUT2D eigenvalue weighted by Crippen LogP contribution is -2.39. The van der Waals surface area contributed by atoms with Crippen LogP contribution in [-0.4, -0.2) is 28.6 Å². The number of amides is 1. The zero-order chi connectivity index (χ0) is 15.4. The Morgan fingerprint density at radius 3 is 2.76 bits per heavy atom. The first-order chi connectivity index (χ1) is 10.0. The van der Waals surface area contributed by atoms with Crippen molar-refractivity contribution >= 4 is 22.5 Å². The lowest BCUT2D eigenvalue weighted by molar-refractivity contribution is 0.0912. The molecule has 1 aromatic carbocycles. The van der Waals surface area contributed by atoms with E-state index in [0.29, 0.717) is 23.3 Å². The number of pyridine rings is 1. The minimum atomic E-state index is -0.264. The van der Waals surface area contributed by atoms with Crippen LogP contribution >= 0.6 is 0 Å². The van der Waals surface area contributed by atoms with Gasteiger partial charge < -0.3 is 16.2 Å². The Morgan fingerprint density at radius 1 is 1.38 bits per heavy atom. The molecule has 1 aromatic heterocycles. The van der Waals surface area contributed by atoms with Gasteiger partial charge in [0.25, 0.3) is 5.91 Å². The van der Waals surface area contributed by atoms with E-state index in [1.165, 1.54) is 0 Å². The van der Waals surface area contributed by atoms with Crippen molar-refractivity contribution in [2.45, 2.75) is 26.3 Å². The van der Waals surface area contributed by atoms with E-state index in [1.807, 2.05) is 38.1 Å². The van der Waals surface area contributed by atoms with Gasteiger partial charge >= 0.3 is 0 Å². The molecule has 0 fully saturated rings. The number of nitrogens with two attached hydrogens (primary N) is 1. The summed E-state index contributed by atoms with van der Waals surface area (Å²) in [5.74, 6) is -0.0292. The number of aliphatic hydroxyl groups excluding tert-OH is 1. The molecule has 0 aliphatic rings. The Labute approximate surface area is 124 Å². The summed E-state index contributed by atoms with van der Waals surface area (Å²) in [5.41, 5.74) is 7.52. The molecule has 2 rings (SSSR count). The average Bonchev–Trinajstić information content (AvgIpc) is 2.46. The lowest BCUT2D eigenvalue weighted by Gasteiger charge is -2.21. The molecule has 0 saturated carbocycles. The molecule has 2 aromatic rings. The molecule has 0 aliphatic carbocycles. The van der Waals surface area contributed by atoms with E-state index >= 15 is 0 Å². The van der Waals surface area contributed by atoms with Gasteiger partial charge in [-0.3, -0.25) is 4.79 Å². The van der Waals surface area contributed by atoms with Crippen LogP contribution in [0.2, 0.25) is 0 Å². The number of hydrogen-bond acceptors (Lipinski definition) is 4. The van der Waals surface area contributed by atoms with Crippen molar-refractivity contribution in [1.82, 2.24) is 10.3 Å². The minimum Gasteiger partial charge on any atom is -0.398 e. The number of hydrogen-bond donors (Lipinski definition) is 3. The first-order valence-corrected chi connectivity index (χ1v) is 7.10.